The van der Waals surface area contributed by atoms with Crippen LogP contribution in [0.25, 0.3) is 10.7 Å². The molecule has 5 nitrogen and oxygen atoms in total. The summed E-state index contributed by atoms with van der Waals surface area (Å²) in [6.07, 6.45) is 0. The van der Waals surface area contributed by atoms with E-state index in [1.165, 1.54) is 0 Å². The maximum absolute atomic E-state index is 12.2. The summed E-state index contributed by atoms with van der Waals surface area (Å²) >= 11 is 6.82. The average molecular weight is 310 g/mol. The molecule has 7 heteroatoms. The molecule has 0 aliphatic heterocycles. The van der Waals surface area contributed by atoms with Crippen molar-refractivity contribution < 1.29 is 4.79 Å². The zero-order chi connectivity index (χ0) is 14.7. The third-order valence-electron chi connectivity index (χ3n) is 2.90. The highest BCUT2D eigenvalue weighted by molar-refractivity contribution is 7.71. The predicted octanol–water partition coefficient (Wildman–Crippen LogP) is 3.00. The van der Waals surface area contributed by atoms with Crippen LogP contribution in [-0.4, -0.2) is 27.2 Å². The van der Waals surface area contributed by atoms with Gasteiger partial charge in [-0.05, 0) is 36.5 Å². The highest BCUT2D eigenvalue weighted by Gasteiger charge is 2.21. The number of aromatic amines is 1. The van der Waals surface area contributed by atoms with Crippen molar-refractivity contribution in [1.82, 2.24) is 20.1 Å². The Kier molecular flexibility index (Phi) is 4.72. The first-order chi connectivity index (χ1) is 9.50. The molecule has 0 radical (unpaired) electrons. The molecule has 0 spiro atoms. The van der Waals surface area contributed by atoms with Gasteiger partial charge in [0.1, 0.15) is 6.04 Å². The number of rotatable bonds is 5. The van der Waals surface area contributed by atoms with E-state index in [1.807, 2.05) is 24.4 Å². The molecular formula is C13H18N4OS2. The number of aromatic nitrogens is 3. The van der Waals surface area contributed by atoms with E-state index in [1.54, 1.807) is 15.9 Å². The minimum atomic E-state index is -0.392. The molecule has 2 aromatic heterocycles. The molecule has 2 heterocycles. The van der Waals surface area contributed by atoms with Gasteiger partial charge >= 0.3 is 0 Å². The zero-order valence-electron chi connectivity index (χ0n) is 11.7. The molecule has 2 N–H and O–H groups in total. The Hall–Kier alpha value is -1.47. The largest absolute Gasteiger partial charge is 0.354 e. The molecule has 2 aromatic rings. The van der Waals surface area contributed by atoms with Gasteiger partial charge in [-0.2, -0.15) is 5.10 Å². The van der Waals surface area contributed by atoms with Gasteiger partial charge in [0.15, 0.2) is 10.6 Å². The van der Waals surface area contributed by atoms with Crippen LogP contribution in [0.1, 0.15) is 26.8 Å². The summed E-state index contributed by atoms with van der Waals surface area (Å²) in [5.41, 5.74) is 0. The number of carbonyl (C=O) groups excluding carboxylic acids is 1. The van der Waals surface area contributed by atoms with Crippen LogP contribution >= 0.6 is 23.6 Å². The molecule has 1 atom stereocenters. The lowest BCUT2D eigenvalue weighted by Crippen LogP contribution is -2.33. The normalized spacial score (nSPS) is 12.6. The fourth-order valence-electron chi connectivity index (χ4n) is 1.81. The number of nitrogens with zero attached hydrogens (tertiary/aromatic N) is 2. The molecule has 1 amide bonds. The molecule has 0 aliphatic carbocycles. The van der Waals surface area contributed by atoms with Gasteiger partial charge in [0, 0.05) is 6.54 Å². The number of nitrogens with one attached hydrogen (secondary N) is 2. The van der Waals surface area contributed by atoms with Crippen molar-refractivity contribution in [3.63, 3.8) is 0 Å². The van der Waals surface area contributed by atoms with E-state index in [9.17, 15) is 4.79 Å². The summed E-state index contributed by atoms with van der Waals surface area (Å²) in [6, 6.07) is 3.52. The second-order valence-electron chi connectivity index (χ2n) is 5.01. The first kappa shape index (κ1) is 14.9. The molecule has 0 aliphatic rings. The maximum Gasteiger partial charge on any atom is 0.242 e. The topological polar surface area (TPSA) is 62.7 Å². The molecule has 108 valence electrons. The van der Waals surface area contributed by atoms with Crippen molar-refractivity contribution in [3.8, 4) is 10.7 Å². The Morgan fingerprint density at radius 3 is 2.90 bits per heavy atom. The number of H-pyrrole nitrogens is 1. The summed E-state index contributed by atoms with van der Waals surface area (Å²) in [6.45, 7) is 6.61. The number of amides is 1. The highest BCUT2D eigenvalue weighted by Crippen LogP contribution is 2.25. The summed E-state index contributed by atoms with van der Waals surface area (Å²) in [5.74, 6) is 1.08. The average Bonchev–Trinajstić information content (AvgIpc) is 3.03. The van der Waals surface area contributed by atoms with Crippen molar-refractivity contribution in [3.05, 3.63) is 22.3 Å². The zero-order valence-corrected chi connectivity index (χ0v) is 13.3. The lowest BCUT2D eigenvalue weighted by atomic mass is 10.2. The number of hydrogen-bond donors (Lipinski definition) is 2. The third kappa shape index (κ3) is 3.16. The van der Waals surface area contributed by atoms with E-state index >= 15 is 0 Å². The molecule has 20 heavy (non-hydrogen) atoms. The quantitative estimate of drug-likeness (QED) is 0.835. The third-order valence-corrected chi connectivity index (χ3v) is 4.05. The molecule has 2 rings (SSSR count). The van der Waals surface area contributed by atoms with Crippen LogP contribution in [0.3, 0.4) is 0 Å². The van der Waals surface area contributed by atoms with E-state index in [0.29, 0.717) is 23.1 Å². The summed E-state index contributed by atoms with van der Waals surface area (Å²) in [7, 11) is 0. The van der Waals surface area contributed by atoms with Crippen LogP contribution in [0.4, 0.5) is 0 Å². The van der Waals surface area contributed by atoms with Crippen molar-refractivity contribution in [2.24, 2.45) is 5.92 Å². The fourth-order valence-corrected chi connectivity index (χ4v) is 2.81. The number of thiophene rings is 1. The minimum Gasteiger partial charge on any atom is -0.354 e. The highest BCUT2D eigenvalue weighted by atomic mass is 32.1. The summed E-state index contributed by atoms with van der Waals surface area (Å²) in [5, 5.41) is 11.9. The first-order valence-corrected chi connectivity index (χ1v) is 7.78. The van der Waals surface area contributed by atoms with Crippen LogP contribution in [0.15, 0.2) is 17.5 Å². The monoisotopic (exact) mass is 310 g/mol. The SMILES string of the molecule is CC(C)CNC(=O)[C@H](C)n1c(-c2cccs2)n[nH]c1=S. The predicted molar refractivity (Wildman–Crippen MR) is 83.3 cm³/mol. The van der Waals surface area contributed by atoms with E-state index in [-0.39, 0.29) is 5.91 Å². The molecule has 0 fully saturated rings. The minimum absolute atomic E-state index is 0.0472. The van der Waals surface area contributed by atoms with Gasteiger partial charge in [0.05, 0.1) is 4.88 Å². The molecular weight excluding hydrogens is 292 g/mol. The molecule has 0 unspecified atom stereocenters. The number of hydrogen-bond acceptors (Lipinski definition) is 4. The Balaban J connectivity index is 2.26. The van der Waals surface area contributed by atoms with Gasteiger partial charge in [0.2, 0.25) is 5.91 Å². The van der Waals surface area contributed by atoms with Crippen LogP contribution in [0.2, 0.25) is 0 Å². The summed E-state index contributed by atoms with van der Waals surface area (Å²) in [4.78, 5) is 13.2. The first-order valence-electron chi connectivity index (χ1n) is 6.49. The Morgan fingerprint density at radius 1 is 1.55 bits per heavy atom. The molecule has 0 saturated heterocycles. The van der Waals surface area contributed by atoms with Crippen molar-refractivity contribution in [2.45, 2.75) is 26.8 Å². The lowest BCUT2D eigenvalue weighted by Gasteiger charge is -2.16. The Labute approximate surface area is 127 Å². The summed E-state index contributed by atoms with van der Waals surface area (Å²) < 4.78 is 2.22. The van der Waals surface area contributed by atoms with Crippen LogP contribution in [0.5, 0.6) is 0 Å². The Bertz CT molecular complexity index is 627. The second kappa shape index (κ2) is 6.32. The van der Waals surface area contributed by atoms with Gasteiger partial charge in [-0.3, -0.25) is 14.5 Å². The molecule has 0 saturated carbocycles. The fraction of sp³-hybridized carbons (Fsp3) is 0.462. The molecule has 0 bridgehead atoms. The maximum atomic E-state index is 12.2. The van der Waals surface area contributed by atoms with E-state index in [0.717, 1.165) is 4.88 Å². The van der Waals surface area contributed by atoms with E-state index < -0.39 is 6.04 Å². The van der Waals surface area contributed by atoms with Gasteiger partial charge in [-0.25, -0.2) is 0 Å². The van der Waals surface area contributed by atoms with Gasteiger partial charge in [-0.1, -0.05) is 19.9 Å². The van der Waals surface area contributed by atoms with Gasteiger partial charge < -0.3 is 5.32 Å². The lowest BCUT2D eigenvalue weighted by molar-refractivity contribution is -0.124. The van der Waals surface area contributed by atoms with E-state index in [2.05, 4.69) is 29.4 Å². The van der Waals surface area contributed by atoms with Crippen LogP contribution in [0, 0.1) is 10.7 Å². The van der Waals surface area contributed by atoms with Crippen molar-refractivity contribution in [1.29, 1.82) is 0 Å². The molecule has 0 aromatic carbocycles. The smallest absolute Gasteiger partial charge is 0.242 e. The van der Waals surface area contributed by atoms with E-state index in [4.69, 9.17) is 12.2 Å². The van der Waals surface area contributed by atoms with Gasteiger partial charge in [0.25, 0.3) is 0 Å². The van der Waals surface area contributed by atoms with Crippen LogP contribution < -0.4 is 5.32 Å². The standard InChI is InChI=1S/C13H18N4OS2/c1-8(2)7-14-12(18)9(3)17-11(15-16-13(17)19)10-5-4-6-20-10/h4-6,8-9H,7H2,1-3H3,(H,14,18)(H,16,19)/t9-/m0/s1. The van der Waals surface area contributed by atoms with Crippen molar-refractivity contribution >= 4 is 29.5 Å². The Morgan fingerprint density at radius 2 is 2.30 bits per heavy atom. The van der Waals surface area contributed by atoms with Gasteiger partial charge in [-0.15, -0.1) is 11.3 Å². The number of carbonyl (C=O) groups is 1. The van der Waals surface area contributed by atoms with Crippen LogP contribution in [-0.2, 0) is 4.79 Å². The second-order valence-corrected chi connectivity index (χ2v) is 6.35. The van der Waals surface area contributed by atoms with Crippen molar-refractivity contribution in [2.75, 3.05) is 6.54 Å².